The summed E-state index contributed by atoms with van der Waals surface area (Å²) in [7, 11) is 1.31. The van der Waals surface area contributed by atoms with Gasteiger partial charge in [0.15, 0.2) is 0 Å². The van der Waals surface area contributed by atoms with Crippen molar-refractivity contribution in [1.82, 2.24) is 0 Å². The van der Waals surface area contributed by atoms with Crippen molar-refractivity contribution in [2.45, 2.75) is 12.8 Å². The van der Waals surface area contributed by atoms with Gasteiger partial charge in [-0.05, 0) is 35.7 Å². The molecule has 2 aromatic carbocycles. The van der Waals surface area contributed by atoms with Gasteiger partial charge in [-0.25, -0.2) is 0 Å². The van der Waals surface area contributed by atoms with E-state index in [4.69, 9.17) is 4.74 Å². The highest BCUT2D eigenvalue weighted by Crippen LogP contribution is 2.47. The van der Waals surface area contributed by atoms with Gasteiger partial charge < -0.3 is 10.1 Å². The molecule has 102 valence electrons. The zero-order valence-electron chi connectivity index (χ0n) is 11.2. The van der Waals surface area contributed by atoms with Crippen LogP contribution in [0.5, 0.6) is 0 Å². The van der Waals surface area contributed by atoms with Crippen molar-refractivity contribution in [2.75, 3.05) is 12.4 Å². The maximum Gasteiger partial charge on any atom is 0.321 e. The second-order valence-corrected chi connectivity index (χ2v) is 5.09. The normalized spacial score (nSPS) is 15.7. The summed E-state index contributed by atoms with van der Waals surface area (Å²) in [5.74, 6) is -0.726. The molecule has 1 amide bonds. The molecule has 1 aliphatic carbocycles. The first-order valence-corrected chi connectivity index (χ1v) is 6.54. The van der Waals surface area contributed by atoms with Crippen molar-refractivity contribution in [3.63, 3.8) is 0 Å². The number of hydrogen-bond acceptors (Lipinski definition) is 3. The Labute approximate surface area is 116 Å². The second-order valence-electron chi connectivity index (χ2n) is 5.09. The molecule has 4 nitrogen and oxygen atoms in total. The first kappa shape index (κ1) is 12.7. The molecule has 0 saturated heterocycles. The Morgan fingerprint density at radius 3 is 2.45 bits per heavy atom. The molecule has 3 rings (SSSR count). The molecule has 1 N–H and O–H groups in total. The Morgan fingerprint density at radius 1 is 1.10 bits per heavy atom. The molecule has 0 atom stereocenters. The van der Waals surface area contributed by atoms with Gasteiger partial charge in [-0.15, -0.1) is 0 Å². The third-order valence-corrected chi connectivity index (χ3v) is 3.77. The van der Waals surface area contributed by atoms with Crippen LogP contribution in [0.15, 0.2) is 42.5 Å². The molecule has 0 unspecified atom stereocenters. The summed E-state index contributed by atoms with van der Waals surface area (Å²) in [4.78, 5) is 23.9. The molecule has 2 aromatic rings. The predicted molar refractivity (Wildman–Crippen MR) is 76.3 cm³/mol. The highest BCUT2D eigenvalue weighted by Gasteiger charge is 2.57. The lowest BCUT2D eigenvalue weighted by atomic mass is 10.1. The van der Waals surface area contributed by atoms with Crippen LogP contribution in [-0.4, -0.2) is 19.0 Å². The molecule has 0 aromatic heterocycles. The van der Waals surface area contributed by atoms with Crippen LogP contribution in [-0.2, 0) is 14.3 Å². The maximum absolute atomic E-state index is 12.2. The average molecular weight is 269 g/mol. The number of esters is 1. The molecule has 4 heteroatoms. The summed E-state index contributed by atoms with van der Waals surface area (Å²) in [6, 6.07) is 13.6. The Hall–Kier alpha value is -2.36. The maximum atomic E-state index is 12.2. The van der Waals surface area contributed by atoms with E-state index in [-0.39, 0.29) is 5.91 Å². The summed E-state index contributed by atoms with van der Waals surface area (Å²) < 4.78 is 4.71. The fraction of sp³-hybridized carbons (Fsp3) is 0.250. The Kier molecular flexibility index (Phi) is 2.93. The summed E-state index contributed by atoms with van der Waals surface area (Å²) in [6.07, 6.45) is 1.11. The van der Waals surface area contributed by atoms with Gasteiger partial charge in [0.2, 0.25) is 5.91 Å². The van der Waals surface area contributed by atoms with Crippen LogP contribution in [0.1, 0.15) is 12.8 Å². The minimum Gasteiger partial charge on any atom is -0.468 e. The van der Waals surface area contributed by atoms with Gasteiger partial charge in [0.25, 0.3) is 0 Å². The SMILES string of the molecule is COC(=O)C1(C(=O)Nc2ccc3ccccc3c2)CC1. The molecule has 1 fully saturated rings. The molecule has 0 heterocycles. The molecule has 0 spiro atoms. The Balaban J connectivity index is 1.83. The number of benzene rings is 2. The third-order valence-electron chi connectivity index (χ3n) is 3.77. The van der Waals surface area contributed by atoms with Gasteiger partial charge in [-0.1, -0.05) is 30.3 Å². The summed E-state index contributed by atoms with van der Waals surface area (Å²) in [6.45, 7) is 0. The first-order valence-electron chi connectivity index (χ1n) is 6.54. The van der Waals surface area contributed by atoms with E-state index in [1.165, 1.54) is 7.11 Å². The second kappa shape index (κ2) is 4.63. The van der Waals surface area contributed by atoms with Gasteiger partial charge in [-0.2, -0.15) is 0 Å². The minimum absolute atomic E-state index is 0.278. The van der Waals surface area contributed by atoms with E-state index in [0.29, 0.717) is 18.5 Å². The number of rotatable bonds is 3. The molecular weight excluding hydrogens is 254 g/mol. The van der Waals surface area contributed by atoms with Crippen LogP contribution >= 0.6 is 0 Å². The first-order chi connectivity index (χ1) is 9.65. The minimum atomic E-state index is -0.972. The van der Waals surface area contributed by atoms with Crippen molar-refractivity contribution < 1.29 is 14.3 Å². The topological polar surface area (TPSA) is 55.4 Å². The fourth-order valence-corrected chi connectivity index (χ4v) is 2.36. The summed E-state index contributed by atoms with van der Waals surface area (Å²) in [5, 5.41) is 4.97. The van der Waals surface area contributed by atoms with Crippen LogP contribution in [0.25, 0.3) is 10.8 Å². The molecule has 1 saturated carbocycles. The number of ether oxygens (including phenoxy) is 1. The molecule has 20 heavy (non-hydrogen) atoms. The van der Waals surface area contributed by atoms with E-state index >= 15 is 0 Å². The number of fused-ring (bicyclic) bond motifs is 1. The Bertz CT molecular complexity index is 689. The van der Waals surface area contributed by atoms with Crippen LogP contribution in [0.3, 0.4) is 0 Å². The number of anilines is 1. The van der Waals surface area contributed by atoms with Crippen LogP contribution in [0.2, 0.25) is 0 Å². The van der Waals surface area contributed by atoms with Crippen LogP contribution in [0.4, 0.5) is 5.69 Å². The van der Waals surface area contributed by atoms with Gasteiger partial charge in [-0.3, -0.25) is 9.59 Å². The quantitative estimate of drug-likeness (QED) is 0.688. The van der Waals surface area contributed by atoms with Gasteiger partial charge in [0.05, 0.1) is 7.11 Å². The average Bonchev–Trinajstić information content (AvgIpc) is 3.28. The number of carbonyl (C=O) groups is 2. The number of hydrogen-bond donors (Lipinski definition) is 1. The van der Waals surface area contributed by atoms with Crippen molar-refractivity contribution >= 4 is 28.3 Å². The standard InChI is InChI=1S/C16H15NO3/c1-20-15(19)16(8-9-16)14(18)17-13-7-6-11-4-2-3-5-12(11)10-13/h2-7,10H,8-9H2,1H3,(H,17,18). The number of methoxy groups -OCH3 is 1. The van der Waals surface area contributed by atoms with Crippen molar-refractivity contribution in [1.29, 1.82) is 0 Å². The number of nitrogens with one attached hydrogen (secondary N) is 1. The smallest absolute Gasteiger partial charge is 0.321 e. The summed E-state index contributed by atoms with van der Waals surface area (Å²) >= 11 is 0. The van der Waals surface area contributed by atoms with Crippen molar-refractivity contribution in [2.24, 2.45) is 5.41 Å². The molecular formula is C16H15NO3. The lowest BCUT2D eigenvalue weighted by Crippen LogP contribution is -2.32. The van der Waals surface area contributed by atoms with Crippen LogP contribution < -0.4 is 5.32 Å². The number of carbonyl (C=O) groups excluding carboxylic acids is 2. The van der Waals surface area contributed by atoms with Crippen molar-refractivity contribution in [3.8, 4) is 0 Å². The zero-order chi connectivity index (χ0) is 14.2. The fourth-order valence-electron chi connectivity index (χ4n) is 2.36. The van der Waals surface area contributed by atoms with E-state index < -0.39 is 11.4 Å². The highest BCUT2D eigenvalue weighted by molar-refractivity contribution is 6.11. The number of amides is 1. The van der Waals surface area contributed by atoms with E-state index in [0.717, 1.165) is 10.8 Å². The van der Waals surface area contributed by atoms with Crippen molar-refractivity contribution in [3.05, 3.63) is 42.5 Å². The predicted octanol–water partition coefficient (Wildman–Crippen LogP) is 2.73. The highest BCUT2D eigenvalue weighted by atomic mass is 16.5. The van der Waals surface area contributed by atoms with Gasteiger partial charge >= 0.3 is 5.97 Å². The van der Waals surface area contributed by atoms with E-state index in [9.17, 15) is 9.59 Å². The van der Waals surface area contributed by atoms with E-state index in [1.807, 2.05) is 42.5 Å². The lowest BCUT2D eigenvalue weighted by molar-refractivity contribution is -0.150. The Morgan fingerprint density at radius 2 is 1.80 bits per heavy atom. The molecule has 0 aliphatic heterocycles. The molecule has 0 radical (unpaired) electrons. The molecule has 0 bridgehead atoms. The largest absolute Gasteiger partial charge is 0.468 e. The van der Waals surface area contributed by atoms with Crippen LogP contribution in [0, 0.1) is 5.41 Å². The lowest BCUT2D eigenvalue weighted by Gasteiger charge is -2.13. The summed E-state index contributed by atoms with van der Waals surface area (Å²) in [5.41, 5.74) is -0.274. The van der Waals surface area contributed by atoms with Gasteiger partial charge in [0, 0.05) is 5.69 Å². The van der Waals surface area contributed by atoms with E-state index in [2.05, 4.69) is 5.32 Å². The third kappa shape index (κ3) is 2.03. The monoisotopic (exact) mass is 269 g/mol. The molecule has 1 aliphatic rings. The van der Waals surface area contributed by atoms with Gasteiger partial charge in [0.1, 0.15) is 5.41 Å². The van der Waals surface area contributed by atoms with E-state index in [1.54, 1.807) is 0 Å². The zero-order valence-corrected chi connectivity index (χ0v) is 11.2.